The van der Waals surface area contributed by atoms with Gasteiger partial charge in [0.25, 0.3) is 0 Å². The van der Waals surface area contributed by atoms with Crippen molar-refractivity contribution in [2.24, 2.45) is 5.41 Å². The van der Waals surface area contributed by atoms with Crippen LogP contribution in [0.5, 0.6) is 0 Å². The van der Waals surface area contributed by atoms with Gasteiger partial charge in [0.2, 0.25) is 0 Å². The Balaban J connectivity index is 1.87. The Hall–Kier alpha value is -1.20. The maximum atomic E-state index is 9.98. The number of hydrogen-bond donors (Lipinski definition) is 1. The predicted octanol–water partition coefficient (Wildman–Crippen LogP) is 1.38. The molecule has 0 bridgehead atoms. The largest absolute Gasteiger partial charge is 0.396 e. The van der Waals surface area contributed by atoms with E-state index < -0.39 is 0 Å². The Morgan fingerprint density at radius 2 is 2.14 bits per heavy atom. The van der Waals surface area contributed by atoms with Crippen LogP contribution in [0, 0.1) is 19.3 Å². The van der Waals surface area contributed by atoms with Crippen LogP contribution in [0.4, 0.5) is 5.82 Å². The van der Waals surface area contributed by atoms with Gasteiger partial charge in [0.15, 0.2) is 0 Å². The summed E-state index contributed by atoms with van der Waals surface area (Å²) >= 11 is 0. The topological polar surface area (TPSA) is 52.5 Å². The molecule has 2 atom stereocenters. The molecule has 0 amide bonds. The third kappa shape index (κ3) is 2.53. The lowest BCUT2D eigenvalue weighted by molar-refractivity contribution is -0.0277. The zero-order chi connectivity index (χ0) is 15.0. The fraction of sp³-hybridized carbons (Fsp3) is 0.750. The molecule has 3 rings (SSSR count). The fourth-order valence-electron chi connectivity index (χ4n) is 4.05. The molecule has 0 unspecified atom stereocenters. The minimum absolute atomic E-state index is 0.0828. The zero-order valence-corrected chi connectivity index (χ0v) is 13.3. The average Bonchev–Trinajstić information content (AvgIpc) is 2.50. The van der Waals surface area contributed by atoms with Gasteiger partial charge in [-0.1, -0.05) is 0 Å². The second-order valence-electron chi connectivity index (χ2n) is 6.74. The summed E-state index contributed by atoms with van der Waals surface area (Å²) in [6, 6.07) is 0.416. The first-order chi connectivity index (χ1) is 10.1. The van der Waals surface area contributed by atoms with Crippen LogP contribution in [-0.2, 0) is 0 Å². The van der Waals surface area contributed by atoms with Gasteiger partial charge in [-0.15, -0.1) is 0 Å². The molecule has 1 aromatic heterocycles. The van der Waals surface area contributed by atoms with E-state index in [1.54, 1.807) is 0 Å². The number of aryl methyl sites for hydroxylation is 2. The van der Waals surface area contributed by atoms with E-state index in [-0.39, 0.29) is 5.41 Å². The van der Waals surface area contributed by atoms with Gasteiger partial charge in [-0.05, 0) is 46.7 Å². The van der Waals surface area contributed by atoms with Crippen LogP contribution in [0.25, 0.3) is 0 Å². The molecule has 0 saturated carbocycles. The molecule has 0 radical (unpaired) electrons. The first-order valence-corrected chi connectivity index (χ1v) is 7.92. The number of likely N-dealkylation sites (N-methyl/N-ethyl adjacent to an activating group) is 1. The normalized spacial score (nSPS) is 30.3. The molecule has 3 heterocycles. The highest BCUT2D eigenvalue weighted by Crippen LogP contribution is 2.42. The molecule has 2 saturated heterocycles. The predicted molar refractivity (Wildman–Crippen MR) is 83.5 cm³/mol. The van der Waals surface area contributed by atoms with Crippen molar-refractivity contribution in [3.8, 4) is 0 Å². The minimum atomic E-state index is 0.0828. The highest BCUT2D eigenvalue weighted by molar-refractivity contribution is 5.46. The van der Waals surface area contributed by atoms with E-state index in [9.17, 15) is 5.11 Å². The van der Waals surface area contributed by atoms with Gasteiger partial charge in [-0.3, -0.25) is 0 Å². The Morgan fingerprint density at radius 1 is 1.33 bits per heavy atom. The Kier molecular flexibility index (Phi) is 3.88. The second kappa shape index (κ2) is 5.54. The third-order valence-electron chi connectivity index (χ3n) is 5.38. The molecule has 0 spiro atoms. The van der Waals surface area contributed by atoms with E-state index >= 15 is 0 Å². The molecular formula is C16H26N4O. The Bertz CT molecular complexity index is 521. The minimum Gasteiger partial charge on any atom is -0.396 e. The summed E-state index contributed by atoms with van der Waals surface area (Å²) in [6.45, 7) is 7.38. The second-order valence-corrected chi connectivity index (χ2v) is 6.74. The van der Waals surface area contributed by atoms with Crippen molar-refractivity contribution in [2.75, 3.05) is 38.2 Å². The van der Waals surface area contributed by atoms with Crippen LogP contribution in [-0.4, -0.2) is 59.3 Å². The molecule has 2 fully saturated rings. The SMILES string of the molecule is Cc1ncc(C)c(N2CC[C@@]3(CO)CCCN(C)[C@@H]3C2)n1. The van der Waals surface area contributed by atoms with Crippen molar-refractivity contribution >= 4 is 5.82 Å². The van der Waals surface area contributed by atoms with Crippen molar-refractivity contribution in [2.45, 2.75) is 39.2 Å². The molecule has 116 valence electrons. The van der Waals surface area contributed by atoms with Crippen molar-refractivity contribution in [3.05, 3.63) is 17.6 Å². The maximum absolute atomic E-state index is 9.98. The molecule has 5 nitrogen and oxygen atoms in total. The Morgan fingerprint density at radius 3 is 2.90 bits per heavy atom. The molecule has 21 heavy (non-hydrogen) atoms. The van der Waals surface area contributed by atoms with Gasteiger partial charge in [0.1, 0.15) is 11.6 Å². The zero-order valence-electron chi connectivity index (χ0n) is 13.3. The van der Waals surface area contributed by atoms with E-state index in [2.05, 4.69) is 33.7 Å². The highest BCUT2D eigenvalue weighted by atomic mass is 16.3. The Labute approximate surface area is 127 Å². The fourth-order valence-corrected chi connectivity index (χ4v) is 4.05. The average molecular weight is 290 g/mol. The number of nitrogens with zero attached hydrogens (tertiary/aromatic N) is 4. The number of piperidine rings is 2. The van der Waals surface area contributed by atoms with E-state index in [1.165, 1.54) is 6.42 Å². The maximum Gasteiger partial charge on any atom is 0.135 e. The number of aromatic nitrogens is 2. The van der Waals surface area contributed by atoms with Crippen molar-refractivity contribution in [3.63, 3.8) is 0 Å². The van der Waals surface area contributed by atoms with Crippen LogP contribution in [0.2, 0.25) is 0 Å². The summed E-state index contributed by atoms with van der Waals surface area (Å²) in [5.74, 6) is 1.89. The first-order valence-electron chi connectivity index (χ1n) is 7.92. The van der Waals surface area contributed by atoms with Crippen molar-refractivity contribution < 1.29 is 5.11 Å². The summed E-state index contributed by atoms with van der Waals surface area (Å²) in [5, 5.41) is 9.98. The monoisotopic (exact) mass is 290 g/mol. The lowest BCUT2D eigenvalue weighted by Crippen LogP contribution is -2.61. The van der Waals surface area contributed by atoms with Gasteiger partial charge in [0.05, 0.1) is 6.61 Å². The number of rotatable bonds is 2. The van der Waals surface area contributed by atoms with Crippen LogP contribution in [0.15, 0.2) is 6.20 Å². The van der Waals surface area contributed by atoms with Crippen LogP contribution >= 0.6 is 0 Å². The van der Waals surface area contributed by atoms with Crippen LogP contribution in [0.1, 0.15) is 30.7 Å². The smallest absolute Gasteiger partial charge is 0.135 e. The number of anilines is 1. The molecule has 0 aliphatic carbocycles. The van der Waals surface area contributed by atoms with E-state index in [0.717, 1.165) is 49.7 Å². The standard InChI is InChI=1S/C16H26N4O/c1-12-9-17-13(2)18-15(12)20-8-6-16(11-21)5-4-7-19(3)14(16)10-20/h9,14,21H,4-8,10-11H2,1-3H3/t14-,16-/m1/s1. The highest BCUT2D eigenvalue weighted by Gasteiger charge is 2.46. The number of likely N-dealkylation sites (tertiary alicyclic amines) is 1. The van der Waals surface area contributed by atoms with E-state index in [1.807, 2.05) is 13.1 Å². The summed E-state index contributed by atoms with van der Waals surface area (Å²) < 4.78 is 0. The quantitative estimate of drug-likeness (QED) is 0.892. The van der Waals surface area contributed by atoms with Gasteiger partial charge in [-0.2, -0.15) is 0 Å². The van der Waals surface area contributed by atoms with Crippen LogP contribution in [0.3, 0.4) is 0 Å². The first kappa shape index (κ1) is 14.7. The lowest BCUT2D eigenvalue weighted by Gasteiger charge is -2.54. The van der Waals surface area contributed by atoms with Gasteiger partial charge >= 0.3 is 0 Å². The molecule has 5 heteroatoms. The molecular weight excluding hydrogens is 264 g/mol. The van der Waals surface area contributed by atoms with Gasteiger partial charge < -0.3 is 14.9 Å². The molecule has 1 N–H and O–H groups in total. The molecule has 1 aromatic rings. The summed E-state index contributed by atoms with van der Waals surface area (Å²) in [6.07, 6.45) is 5.30. The van der Waals surface area contributed by atoms with Crippen molar-refractivity contribution in [1.82, 2.24) is 14.9 Å². The number of aliphatic hydroxyl groups is 1. The van der Waals surface area contributed by atoms with Gasteiger partial charge in [0, 0.05) is 36.3 Å². The molecule has 2 aliphatic rings. The summed E-state index contributed by atoms with van der Waals surface area (Å²) in [7, 11) is 2.19. The van der Waals surface area contributed by atoms with E-state index in [0.29, 0.717) is 12.6 Å². The number of fused-ring (bicyclic) bond motifs is 1. The third-order valence-corrected chi connectivity index (χ3v) is 5.38. The lowest BCUT2D eigenvalue weighted by atomic mass is 9.69. The molecule has 0 aromatic carbocycles. The van der Waals surface area contributed by atoms with Crippen LogP contribution < -0.4 is 4.90 Å². The number of hydrogen-bond acceptors (Lipinski definition) is 5. The molecule has 2 aliphatic heterocycles. The summed E-state index contributed by atoms with van der Waals surface area (Å²) in [4.78, 5) is 13.7. The van der Waals surface area contributed by atoms with Crippen molar-refractivity contribution in [1.29, 1.82) is 0 Å². The summed E-state index contributed by atoms with van der Waals surface area (Å²) in [5.41, 5.74) is 1.22. The van der Waals surface area contributed by atoms with E-state index in [4.69, 9.17) is 0 Å². The van der Waals surface area contributed by atoms with Gasteiger partial charge in [-0.25, -0.2) is 9.97 Å². The number of aliphatic hydroxyl groups excluding tert-OH is 1.